The predicted octanol–water partition coefficient (Wildman–Crippen LogP) is 4.20. The summed E-state index contributed by atoms with van der Waals surface area (Å²) in [6.45, 7) is 9.00. The molecule has 2 aromatic rings. The second kappa shape index (κ2) is 10.6. The minimum Gasteiger partial charge on any atom is -0.444 e. The van der Waals surface area contributed by atoms with Crippen LogP contribution in [-0.2, 0) is 11.3 Å². The van der Waals surface area contributed by atoms with Gasteiger partial charge in [0.25, 0.3) is 0 Å². The number of piperidine rings is 1. The molecule has 2 aliphatic rings. The summed E-state index contributed by atoms with van der Waals surface area (Å²) >= 11 is 1.63. The van der Waals surface area contributed by atoms with Gasteiger partial charge in [0.2, 0.25) is 0 Å². The zero-order chi connectivity index (χ0) is 22.0. The Bertz CT molecular complexity index is 896. The van der Waals surface area contributed by atoms with E-state index in [4.69, 9.17) is 4.74 Å². The molecule has 1 amide bonds. The largest absolute Gasteiger partial charge is 0.444 e. The standard InChI is InChI=1S/C22H34N6O2S.HI/c1-22(2,3)30-21(29)28(14-16-5-6-16)18-7-9-26(10-8-18)19(23-4)24-13-17-15-27-11-12-31-20(27)25-17;/h11-12,15-16,18H,5-10,13-14H2,1-4H3,(H,23,24);1H. The lowest BCUT2D eigenvalue weighted by atomic mass is 10.0. The van der Waals surface area contributed by atoms with Crippen LogP contribution in [-0.4, -0.2) is 69.6 Å². The average Bonchev–Trinajstić information content (AvgIpc) is 3.30. The molecule has 3 heterocycles. The van der Waals surface area contributed by atoms with Crippen LogP contribution in [0.5, 0.6) is 0 Å². The molecule has 0 aromatic carbocycles. The first-order valence-electron chi connectivity index (χ1n) is 11.2. The summed E-state index contributed by atoms with van der Waals surface area (Å²) in [5.41, 5.74) is 0.538. The molecule has 10 heteroatoms. The van der Waals surface area contributed by atoms with Gasteiger partial charge >= 0.3 is 6.09 Å². The molecule has 0 bridgehead atoms. The predicted molar refractivity (Wildman–Crippen MR) is 139 cm³/mol. The number of likely N-dealkylation sites (tertiary alicyclic amines) is 1. The molecular formula is C22H35IN6O2S. The third-order valence-electron chi connectivity index (χ3n) is 5.77. The third-order valence-corrected chi connectivity index (χ3v) is 6.54. The molecule has 1 aliphatic heterocycles. The highest BCUT2D eigenvalue weighted by Gasteiger charge is 2.35. The van der Waals surface area contributed by atoms with Crippen LogP contribution >= 0.6 is 35.3 Å². The highest BCUT2D eigenvalue weighted by molar-refractivity contribution is 14.0. The quantitative estimate of drug-likeness (QED) is 0.329. The Morgan fingerprint density at radius 2 is 2.03 bits per heavy atom. The number of carbonyl (C=O) groups is 1. The molecule has 0 radical (unpaired) electrons. The topological polar surface area (TPSA) is 74.5 Å². The van der Waals surface area contributed by atoms with Crippen LogP contribution in [0.25, 0.3) is 4.96 Å². The van der Waals surface area contributed by atoms with Gasteiger partial charge in [0.05, 0.1) is 12.2 Å². The zero-order valence-electron chi connectivity index (χ0n) is 19.4. The number of imidazole rings is 1. The van der Waals surface area contributed by atoms with Crippen molar-refractivity contribution in [3.63, 3.8) is 0 Å². The van der Waals surface area contributed by atoms with Crippen molar-refractivity contribution in [3.05, 3.63) is 23.5 Å². The molecule has 32 heavy (non-hydrogen) atoms. The van der Waals surface area contributed by atoms with E-state index in [1.54, 1.807) is 11.3 Å². The number of hydrogen-bond acceptors (Lipinski definition) is 5. The second-order valence-electron chi connectivity index (χ2n) is 9.52. The third kappa shape index (κ3) is 6.49. The SMILES string of the molecule is CN=C(NCc1cn2ccsc2n1)N1CCC(N(CC2CC2)C(=O)OC(C)(C)C)CC1.I. The summed E-state index contributed by atoms with van der Waals surface area (Å²) in [5.74, 6) is 1.53. The van der Waals surface area contributed by atoms with Gasteiger partial charge in [-0.1, -0.05) is 0 Å². The number of nitrogens with one attached hydrogen (secondary N) is 1. The van der Waals surface area contributed by atoms with E-state index in [0.717, 1.165) is 49.1 Å². The van der Waals surface area contributed by atoms with E-state index in [1.165, 1.54) is 12.8 Å². The Kier molecular flexibility index (Phi) is 8.29. The first kappa shape index (κ1) is 25.1. The first-order valence-corrected chi connectivity index (χ1v) is 12.1. The van der Waals surface area contributed by atoms with Gasteiger partial charge in [0.15, 0.2) is 10.9 Å². The van der Waals surface area contributed by atoms with E-state index in [-0.39, 0.29) is 36.1 Å². The Labute approximate surface area is 211 Å². The lowest BCUT2D eigenvalue weighted by Gasteiger charge is -2.40. The molecule has 1 N–H and O–H groups in total. The summed E-state index contributed by atoms with van der Waals surface area (Å²) in [6, 6.07) is 0.227. The number of halogens is 1. The van der Waals surface area contributed by atoms with Crippen LogP contribution in [0.15, 0.2) is 22.8 Å². The van der Waals surface area contributed by atoms with Crippen LogP contribution in [0.2, 0.25) is 0 Å². The monoisotopic (exact) mass is 574 g/mol. The van der Waals surface area contributed by atoms with Crippen LogP contribution in [0.4, 0.5) is 4.79 Å². The van der Waals surface area contributed by atoms with Crippen molar-refractivity contribution in [1.82, 2.24) is 24.5 Å². The van der Waals surface area contributed by atoms with Crippen molar-refractivity contribution in [2.24, 2.45) is 10.9 Å². The fourth-order valence-corrected chi connectivity index (χ4v) is 4.74. The van der Waals surface area contributed by atoms with Crippen molar-refractivity contribution in [1.29, 1.82) is 0 Å². The molecular weight excluding hydrogens is 539 g/mol. The molecule has 8 nitrogen and oxygen atoms in total. The second-order valence-corrected chi connectivity index (χ2v) is 10.4. The van der Waals surface area contributed by atoms with Gasteiger partial charge in [-0.3, -0.25) is 9.39 Å². The van der Waals surface area contributed by atoms with Crippen LogP contribution in [0.3, 0.4) is 0 Å². The van der Waals surface area contributed by atoms with Crippen LogP contribution in [0.1, 0.15) is 52.1 Å². The Morgan fingerprint density at radius 1 is 1.31 bits per heavy atom. The lowest BCUT2D eigenvalue weighted by Crippen LogP contribution is -2.52. The van der Waals surface area contributed by atoms with Crippen LogP contribution < -0.4 is 5.32 Å². The Hall–Kier alpha value is -1.56. The number of ether oxygens (including phenoxy) is 1. The van der Waals surface area contributed by atoms with Gasteiger partial charge in [-0.2, -0.15) is 0 Å². The fourth-order valence-electron chi connectivity index (χ4n) is 4.02. The number of rotatable bonds is 5. The molecule has 1 aliphatic carbocycles. The first-order chi connectivity index (χ1) is 14.8. The Balaban J connectivity index is 0.00000289. The van der Waals surface area contributed by atoms with Crippen molar-refractivity contribution >= 4 is 52.3 Å². The highest BCUT2D eigenvalue weighted by Crippen LogP contribution is 2.32. The molecule has 2 fully saturated rings. The number of nitrogens with zero attached hydrogens (tertiary/aromatic N) is 5. The minimum atomic E-state index is -0.465. The van der Waals surface area contributed by atoms with E-state index in [9.17, 15) is 4.79 Å². The maximum atomic E-state index is 12.8. The molecule has 2 aromatic heterocycles. The van der Waals surface area contributed by atoms with E-state index in [1.807, 2.05) is 48.7 Å². The zero-order valence-corrected chi connectivity index (χ0v) is 22.6. The molecule has 0 atom stereocenters. The number of aromatic nitrogens is 2. The summed E-state index contributed by atoms with van der Waals surface area (Å²) in [4.78, 5) is 27.2. The molecule has 178 valence electrons. The van der Waals surface area contributed by atoms with Gasteiger partial charge in [-0.25, -0.2) is 9.78 Å². The van der Waals surface area contributed by atoms with Gasteiger partial charge in [-0.15, -0.1) is 35.3 Å². The maximum absolute atomic E-state index is 12.8. The smallest absolute Gasteiger partial charge is 0.410 e. The van der Waals surface area contributed by atoms with E-state index in [0.29, 0.717) is 12.5 Å². The number of hydrogen-bond donors (Lipinski definition) is 1. The van der Waals surface area contributed by atoms with Gasteiger partial charge in [-0.05, 0) is 52.4 Å². The maximum Gasteiger partial charge on any atom is 0.410 e. The molecule has 0 unspecified atom stereocenters. The molecule has 4 rings (SSSR count). The number of carbonyl (C=O) groups excluding carboxylic acids is 1. The minimum absolute atomic E-state index is 0. The summed E-state index contributed by atoms with van der Waals surface area (Å²) < 4.78 is 7.75. The van der Waals surface area contributed by atoms with E-state index >= 15 is 0 Å². The number of fused-ring (bicyclic) bond motifs is 1. The fraction of sp³-hybridized carbons (Fsp3) is 0.682. The van der Waals surface area contributed by atoms with E-state index < -0.39 is 5.60 Å². The number of guanidine groups is 1. The summed E-state index contributed by atoms with van der Waals surface area (Å²) in [5, 5.41) is 5.48. The Morgan fingerprint density at radius 3 is 2.62 bits per heavy atom. The van der Waals surface area contributed by atoms with Crippen LogP contribution in [0, 0.1) is 5.92 Å². The summed E-state index contributed by atoms with van der Waals surface area (Å²) in [7, 11) is 1.82. The average molecular weight is 575 g/mol. The normalized spacial score (nSPS) is 17.9. The lowest BCUT2D eigenvalue weighted by molar-refractivity contribution is 0.00928. The van der Waals surface area contributed by atoms with Crippen molar-refractivity contribution < 1.29 is 9.53 Å². The van der Waals surface area contributed by atoms with E-state index in [2.05, 4.69) is 26.4 Å². The van der Waals surface area contributed by atoms with Gasteiger partial charge in [0, 0.05) is 50.5 Å². The van der Waals surface area contributed by atoms with Crippen molar-refractivity contribution in [3.8, 4) is 0 Å². The number of aliphatic imine (C=N–C) groups is 1. The molecule has 1 saturated carbocycles. The van der Waals surface area contributed by atoms with Crippen molar-refractivity contribution in [2.45, 2.75) is 64.6 Å². The number of amides is 1. The van der Waals surface area contributed by atoms with Gasteiger partial charge in [0.1, 0.15) is 5.60 Å². The summed E-state index contributed by atoms with van der Waals surface area (Å²) in [6.07, 6.45) is 8.20. The number of thiazole rings is 1. The highest BCUT2D eigenvalue weighted by atomic mass is 127. The van der Waals surface area contributed by atoms with Gasteiger partial charge < -0.3 is 19.9 Å². The molecule has 1 saturated heterocycles. The molecule has 0 spiro atoms. The van der Waals surface area contributed by atoms with Crippen molar-refractivity contribution in [2.75, 3.05) is 26.7 Å².